The molecule has 5 heteroatoms. The van der Waals surface area contributed by atoms with E-state index in [-0.39, 0.29) is 0 Å². The van der Waals surface area contributed by atoms with Crippen molar-refractivity contribution in [2.45, 2.75) is 18.4 Å². The maximum absolute atomic E-state index is 8.49. The van der Waals surface area contributed by atoms with Crippen molar-refractivity contribution in [2.24, 2.45) is 5.11 Å². The molecule has 0 spiro atoms. The van der Waals surface area contributed by atoms with Gasteiger partial charge in [-0.05, 0) is 35.1 Å². The molecule has 0 fully saturated rings. The second-order valence-corrected chi connectivity index (χ2v) is 7.14. The fraction of sp³-hybridized carbons (Fsp3) is 0.160. The Morgan fingerprint density at radius 1 is 0.800 bits per heavy atom. The zero-order valence-corrected chi connectivity index (χ0v) is 16.7. The smallest absolute Gasteiger partial charge is 0.121 e. The number of imidazole rings is 1. The first-order valence-corrected chi connectivity index (χ1v) is 10.1. The maximum atomic E-state index is 8.49. The van der Waals surface area contributed by atoms with Crippen molar-refractivity contribution in [2.75, 3.05) is 6.54 Å². The fourth-order valence-electron chi connectivity index (χ4n) is 4.04. The lowest BCUT2D eigenvalue weighted by Crippen LogP contribution is -2.36. The van der Waals surface area contributed by atoms with Crippen LogP contribution in [0.2, 0.25) is 0 Å². The summed E-state index contributed by atoms with van der Waals surface area (Å²) in [4.78, 5) is 7.51. The molecule has 0 radical (unpaired) electrons. The molecule has 0 aliphatic heterocycles. The van der Waals surface area contributed by atoms with Gasteiger partial charge in [-0.3, -0.25) is 0 Å². The topological polar surface area (TPSA) is 66.6 Å². The second-order valence-electron chi connectivity index (χ2n) is 7.14. The number of benzene rings is 3. The molecule has 0 aliphatic rings. The standard InChI is InChI=1S/C25H23N5/c26-29-28-18-10-17-24-19-30(20-27-24)25(21-11-4-1-5-12-21,22-13-6-2-7-14-22)23-15-8-3-9-16-23/h1-9,11-16,19-20H,10,17-18H2. The summed E-state index contributed by atoms with van der Waals surface area (Å²) >= 11 is 0. The first-order chi connectivity index (χ1) is 14.9. The van der Waals surface area contributed by atoms with E-state index in [1.54, 1.807) is 0 Å². The summed E-state index contributed by atoms with van der Waals surface area (Å²) in [5.41, 5.74) is 12.4. The highest BCUT2D eigenvalue weighted by atomic mass is 15.1. The maximum Gasteiger partial charge on any atom is 0.121 e. The number of hydrogen-bond acceptors (Lipinski definition) is 2. The van der Waals surface area contributed by atoms with Crippen LogP contribution in [0.4, 0.5) is 0 Å². The Hall–Kier alpha value is -3.82. The summed E-state index contributed by atoms with van der Waals surface area (Å²) in [6.07, 6.45) is 5.57. The van der Waals surface area contributed by atoms with Gasteiger partial charge in [0.25, 0.3) is 0 Å². The highest BCUT2D eigenvalue weighted by Gasteiger charge is 2.38. The van der Waals surface area contributed by atoms with Gasteiger partial charge in [-0.25, -0.2) is 4.98 Å². The molecule has 5 nitrogen and oxygen atoms in total. The Morgan fingerprint density at radius 3 is 1.77 bits per heavy atom. The summed E-state index contributed by atoms with van der Waals surface area (Å²) in [6.45, 7) is 0.477. The predicted molar refractivity (Wildman–Crippen MR) is 119 cm³/mol. The molecule has 4 aromatic rings. The lowest BCUT2D eigenvalue weighted by atomic mass is 9.77. The Morgan fingerprint density at radius 2 is 1.30 bits per heavy atom. The average molecular weight is 393 g/mol. The lowest BCUT2D eigenvalue weighted by Gasteiger charge is -2.37. The van der Waals surface area contributed by atoms with Gasteiger partial charge in [0.2, 0.25) is 0 Å². The van der Waals surface area contributed by atoms with Gasteiger partial charge in [0.05, 0.1) is 12.0 Å². The predicted octanol–water partition coefficient (Wildman–Crippen LogP) is 5.97. The number of aromatic nitrogens is 2. The number of nitrogens with zero attached hydrogens (tertiary/aromatic N) is 5. The third-order valence-electron chi connectivity index (χ3n) is 5.35. The van der Waals surface area contributed by atoms with Crippen LogP contribution in [0, 0.1) is 0 Å². The summed E-state index contributed by atoms with van der Waals surface area (Å²) in [5, 5.41) is 3.63. The van der Waals surface area contributed by atoms with Crippen molar-refractivity contribution in [1.29, 1.82) is 0 Å². The highest BCUT2D eigenvalue weighted by molar-refractivity contribution is 5.50. The SMILES string of the molecule is [N-]=[N+]=NCCCc1cn(C(c2ccccc2)(c2ccccc2)c2ccccc2)cn1. The molecule has 0 bridgehead atoms. The largest absolute Gasteiger partial charge is 0.319 e. The van der Waals surface area contributed by atoms with Gasteiger partial charge < -0.3 is 4.57 Å². The third-order valence-corrected chi connectivity index (χ3v) is 5.35. The van der Waals surface area contributed by atoms with Crippen molar-refractivity contribution in [3.63, 3.8) is 0 Å². The molecular weight excluding hydrogens is 370 g/mol. The minimum Gasteiger partial charge on any atom is -0.319 e. The van der Waals surface area contributed by atoms with Crippen molar-refractivity contribution < 1.29 is 0 Å². The van der Waals surface area contributed by atoms with E-state index in [0.29, 0.717) is 6.54 Å². The summed E-state index contributed by atoms with van der Waals surface area (Å²) in [6, 6.07) is 31.6. The molecule has 0 unspecified atom stereocenters. The molecule has 4 rings (SSSR count). The van der Waals surface area contributed by atoms with E-state index >= 15 is 0 Å². The minimum absolute atomic E-state index is 0.477. The molecule has 3 aromatic carbocycles. The van der Waals surface area contributed by atoms with Crippen molar-refractivity contribution in [3.05, 3.63) is 136 Å². The van der Waals surface area contributed by atoms with E-state index in [2.05, 4.69) is 98.6 Å². The van der Waals surface area contributed by atoms with Crippen molar-refractivity contribution in [1.82, 2.24) is 9.55 Å². The van der Waals surface area contributed by atoms with Gasteiger partial charge >= 0.3 is 0 Å². The Kier molecular flexibility index (Phi) is 5.93. The number of hydrogen-bond donors (Lipinski definition) is 0. The zero-order valence-electron chi connectivity index (χ0n) is 16.7. The second kappa shape index (κ2) is 9.12. The Labute approximate surface area is 176 Å². The first kappa shape index (κ1) is 19.5. The van der Waals surface area contributed by atoms with Gasteiger partial charge in [0.15, 0.2) is 0 Å². The first-order valence-electron chi connectivity index (χ1n) is 10.1. The molecule has 30 heavy (non-hydrogen) atoms. The molecule has 0 saturated heterocycles. The molecule has 0 saturated carbocycles. The van der Waals surface area contributed by atoms with Crippen LogP contribution in [0.15, 0.2) is 109 Å². The van der Waals surface area contributed by atoms with Gasteiger partial charge in [0, 0.05) is 17.7 Å². The van der Waals surface area contributed by atoms with Crippen LogP contribution >= 0.6 is 0 Å². The van der Waals surface area contributed by atoms with Gasteiger partial charge in [-0.15, -0.1) is 0 Å². The van der Waals surface area contributed by atoms with Gasteiger partial charge in [0.1, 0.15) is 5.54 Å². The van der Waals surface area contributed by atoms with Crippen LogP contribution in [0.5, 0.6) is 0 Å². The van der Waals surface area contributed by atoms with E-state index in [1.807, 2.05) is 24.5 Å². The minimum atomic E-state index is -0.542. The van der Waals surface area contributed by atoms with E-state index in [9.17, 15) is 0 Å². The van der Waals surface area contributed by atoms with Crippen molar-refractivity contribution >= 4 is 0 Å². The highest BCUT2D eigenvalue weighted by Crippen LogP contribution is 2.40. The summed E-state index contributed by atoms with van der Waals surface area (Å²) in [7, 11) is 0. The molecule has 0 N–H and O–H groups in total. The zero-order chi connectivity index (χ0) is 20.7. The van der Waals surface area contributed by atoms with Gasteiger partial charge in [-0.1, -0.05) is 96.1 Å². The van der Waals surface area contributed by atoms with E-state index < -0.39 is 5.54 Å². The van der Waals surface area contributed by atoms with Crippen LogP contribution < -0.4 is 0 Å². The molecule has 1 aromatic heterocycles. The van der Waals surface area contributed by atoms with Crippen molar-refractivity contribution in [3.8, 4) is 0 Å². The molecule has 148 valence electrons. The average Bonchev–Trinajstić information content (AvgIpc) is 3.29. The van der Waals surface area contributed by atoms with Crippen LogP contribution in [0.1, 0.15) is 28.8 Å². The molecular formula is C25H23N5. The lowest BCUT2D eigenvalue weighted by molar-refractivity contribution is 0.514. The van der Waals surface area contributed by atoms with E-state index in [1.165, 1.54) is 16.7 Å². The monoisotopic (exact) mass is 393 g/mol. The van der Waals surface area contributed by atoms with Gasteiger partial charge in [-0.2, -0.15) is 0 Å². The number of rotatable bonds is 8. The summed E-state index contributed by atoms with van der Waals surface area (Å²) in [5.74, 6) is 0. The van der Waals surface area contributed by atoms with E-state index in [0.717, 1.165) is 18.5 Å². The molecule has 0 aliphatic carbocycles. The van der Waals surface area contributed by atoms with Crippen LogP contribution in [0.3, 0.4) is 0 Å². The molecule has 0 amide bonds. The third kappa shape index (κ3) is 3.71. The summed E-state index contributed by atoms with van der Waals surface area (Å²) < 4.78 is 2.20. The van der Waals surface area contributed by atoms with E-state index in [4.69, 9.17) is 5.53 Å². The normalized spacial score (nSPS) is 11.1. The van der Waals surface area contributed by atoms with Crippen LogP contribution in [0.25, 0.3) is 10.4 Å². The Balaban J connectivity index is 1.90. The number of aryl methyl sites for hydroxylation is 1. The van der Waals surface area contributed by atoms with Crippen LogP contribution in [-0.2, 0) is 12.0 Å². The molecule has 0 atom stereocenters. The van der Waals surface area contributed by atoms with Crippen LogP contribution in [-0.4, -0.2) is 16.1 Å². The fourth-order valence-corrected chi connectivity index (χ4v) is 4.04. The molecule has 1 heterocycles. The number of azide groups is 1. The Bertz CT molecular complexity index is 1020. The quantitative estimate of drug-likeness (QED) is 0.120.